The second-order valence-corrected chi connectivity index (χ2v) is 19.4. The number of phenols is 1. The lowest BCUT2D eigenvalue weighted by atomic mass is 9.97. The van der Waals surface area contributed by atoms with Crippen LogP contribution < -0.4 is 9.47 Å². The molecule has 3 heterocycles. The van der Waals surface area contributed by atoms with Crippen LogP contribution >= 0.6 is 34.8 Å². The van der Waals surface area contributed by atoms with Crippen LogP contribution in [0.25, 0.3) is 22.2 Å². The number of alkyl halides is 3. The SMILES string of the molecule is COC(=O)[C@H]1O[C@H](OC(=N)C(Cl)(Cl)Cl)[C@H](OC(C)=O)[C@@H](OC(C)=O)[C@@H]1OC(C)=O.Cc1c(-c2ccc(OC(=O)C(C)(C)C)cc2)n(Cc2ccc(OCCN3CCCC3)cc2)c2ccc(O)cc12. The Hall–Kier alpha value is -5.59. The Morgan fingerprint density at radius 2 is 1.37 bits per heavy atom. The molecule has 4 aromatic rings. The smallest absolute Gasteiger partial charge is 0.339 e. The number of ether oxygens (including phenoxy) is 8. The third-order valence-electron chi connectivity index (χ3n) is 10.7. The number of carbonyl (C=O) groups is 5. The standard InChI is InChI=1S/C33H38N2O4.C15H18Cl3NO10/c1-23-29-21-26(36)11-16-30(29)35(31(23)25-9-14-28(15-10-25)39-32(37)33(2,3)4)22-24-7-12-27(13-8-24)38-20-19-34-17-5-6-18-34;1-5(20)25-8-9(26-6(2)21)11(27-7(3)22)13(28-10(8)12(23)24-4)29-14(19)15(16,17)18/h7-16,21,36H,5-6,17-20,22H2,1-4H3;8-11,13,19H,1-4H3/t;8-,9-,10-,11+,13+/m.0/s1. The highest BCUT2D eigenvalue weighted by molar-refractivity contribution is 6.76. The van der Waals surface area contributed by atoms with Crippen molar-refractivity contribution in [2.24, 2.45) is 5.41 Å². The van der Waals surface area contributed by atoms with Gasteiger partial charge in [0.05, 0.1) is 18.2 Å². The summed E-state index contributed by atoms with van der Waals surface area (Å²) in [7, 11) is 1.02. The first-order valence-corrected chi connectivity index (χ1v) is 22.8. The highest BCUT2D eigenvalue weighted by atomic mass is 35.6. The molecular weight excluding hydrogens is 949 g/mol. The molecule has 0 amide bonds. The minimum atomic E-state index is -2.32. The van der Waals surface area contributed by atoms with Crippen LogP contribution in [0.5, 0.6) is 17.2 Å². The van der Waals surface area contributed by atoms with E-state index in [1.54, 1.807) is 6.07 Å². The molecule has 0 spiro atoms. The van der Waals surface area contributed by atoms with Gasteiger partial charge in [-0.05, 0) is 125 Å². The Labute approximate surface area is 409 Å². The fourth-order valence-electron chi connectivity index (χ4n) is 7.52. The predicted molar refractivity (Wildman–Crippen MR) is 252 cm³/mol. The van der Waals surface area contributed by atoms with E-state index in [-0.39, 0.29) is 11.7 Å². The van der Waals surface area contributed by atoms with Crippen LogP contribution in [-0.4, -0.2) is 118 Å². The Morgan fingerprint density at radius 3 is 1.93 bits per heavy atom. The van der Waals surface area contributed by atoms with Gasteiger partial charge in [-0.1, -0.05) is 46.9 Å². The molecule has 0 bridgehead atoms. The molecule has 0 radical (unpaired) electrons. The Kier molecular flexibility index (Phi) is 18.2. The summed E-state index contributed by atoms with van der Waals surface area (Å²) in [5, 5.41) is 18.9. The van der Waals surface area contributed by atoms with Gasteiger partial charge >= 0.3 is 29.8 Å². The zero-order valence-corrected chi connectivity index (χ0v) is 41.2. The molecule has 2 fully saturated rings. The molecular formula is C48H56Cl3N3O14. The number of phenolic OH excluding ortho intramolecular Hbond substituents is 1. The molecule has 20 heteroatoms. The van der Waals surface area contributed by atoms with Gasteiger partial charge < -0.3 is 47.6 Å². The zero-order chi connectivity index (χ0) is 50.1. The number of aromatic nitrogens is 1. The van der Waals surface area contributed by atoms with E-state index in [0.717, 1.165) is 73.5 Å². The molecule has 2 saturated heterocycles. The molecule has 2 N–H and O–H groups in total. The van der Waals surface area contributed by atoms with Crippen LogP contribution in [0.15, 0.2) is 66.7 Å². The molecule has 68 heavy (non-hydrogen) atoms. The van der Waals surface area contributed by atoms with Gasteiger partial charge in [-0.3, -0.25) is 29.5 Å². The van der Waals surface area contributed by atoms with Crippen molar-refractivity contribution in [3.8, 4) is 28.5 Å². The van der Waals surface area contributed by atoms with Crippen LogP contribution in [0.2, 0.25) is 0 Å². The molecule has 368 valence electrons. The molecule has 1 aromatic heterocycles. The number of aromatic hydroxyl groups is 1. The number of nitrogens with zero attached hydrogens (tertiary/aromatic N) is 2. The maximum absolute atomic E-state index is 12.3. The van der Waals surface area contributed by atoms with Gasteiger partial charge in [-0.25, -0.2) is 4.79 Å². The highest BCUT2D eigenvalue weighted by Gasteiger charge is 2.56. The minimum absolute atomic E-state index is 0.245. The fourth-order valence-corrected chi connectivity index (χ4v) is 7.65. The molecule has 6 rings (SSSR count). The van der Waals surface area contributed by atoms with Crippen molar-refractivity contribution in [1.29, 1.82) is 5.41 Å². The molecule has 0 aliphatic carbocycles. The van der Waals surface area contributed by atoms with E-state index in [9.17, 15) is 29.1 Å². The van der Waals surface area contributed by atoms with Crippen LogP contribution in [0.3, 0.4) is 0 Å². The molecule has 0 unspecified atom stereocenters. The second kappa shape index (κ2) is 23.1. The molecule has 3 aromatic carbocycles. The predicted octanol–water partition coefficient (Wildman–Crippen LogP) is 7.84. The van der Waals surface area contributed by atoms with E-state index in [2.05, 4.69) is 33.3 Å². The molecule has 0 saturated carbocycles. The average Bonchev–Trinajstić information content (AvgIpc) is 3.87. The van der Waals surface area contributed by atoms with Crippen molar-refractivity contribution < 1.29 is 67.0 Å². The van der Waals surface area contributed by atoms with E-state index in [1.165, 1.54) is 25.9 Å². The first-order chi connectivity index (χ1) is 32.0. The lowest BCUT2D eigenvalue weighted by molar-refractivity contribution is -0.285. The van der Waals surface area contributed by atoms with Gasteiger partial charge in [0.25, 0.3) is 3.79 Å². The summed E-state index contributed by atoms with van der Waals surface area (Å²) in [5.74, 6) is -3.19. The number of fused-ring (bicyclic) bond motifs is 1. The number of nitrogens with one attached hydrogen (secondary N) is 1. The van der Waals surface area contributed by atoms with Crippen LogP contribution in [0, 0.1) is 17.7 Å². The van der Waals surface area contributed by atoms with Crippen LogP contribution in [-0.2, 0) is 58.9 Å². The lowest BCUT2D eigenvalue weighted by Gasteiger charge is -2.43. The van der Waals surface area contributed by atoms with Gasteiger partial charge in [0, 0.05) is 44.8 Å². The highest BCUT2D eigenvalue weighted by Crippen LogP contribution is 2.37. The summed E-state index contributed by atoms with van der Waals surface area (Å²) in [5.41, 5.74) is 4.80. The van der Waals surface area contributed by atoms with Crippen molar-refractivity contribution in [1.82, 2.24) is 9.47 Å². The van der Waals surface area contributed by atoms with Crippen LogP contribution in [0.4, 0.5) is 0 Å². The zero-order valence-electron chi connectivity index (χ0n) is 39.0. The van der Waals surface area contributed by atoms with Crippen molar-refractivity contribution in [2.45, 2.75) is 102 Å². The van der Waals surface area contributed by atoms with E-state index in [4.69, 9.17) is 73.4 Å². The summed E-state index contributed by atoms with van der Waals surface area (Å²) in [6.45, 7) is 15.4. The number of rotatable bonds is 13. The number of benzene rings is 3. The number of hydrogen-bond acceptors (Lipinski definition) is 16. The Bertz CT molecular complexity index is 2440. The molecule has 17 nitrogen and oxygen atoms in total. The number of hydrogen-bond donors (Lipinski definition) is 2. The van der Waals surface area contributed by atoms with Gasteiger partial charge in [0.15, 0.2) is 18.3 Å². The van der Waals surface area contributed by atoms with Crippen molar-refractivity contribution in [2.75, 3.05) is 33.4 Å². The van der Waals surface area contributed by atoms with Crippen LogP contribution in [0.1, 0.15) is 65.5 Å². The van der Waals surface area contributed by atoms with Gasteiger partial charge in [-0.2, -0.15) is 0 Å². The molecule has 2 aliphatic heterocycles. The number of likely N-dealkylation sites (tertiary alicyclic amines) is 1. The topological polar surface area (TPSA) is 211 Å². The summed E-state index contributed by atoms with van der Waals surface area (Å²) in [4.78, 5) is 61.6. The Morgan fingerprint density at radius 1 is 0.794 bits per heavy atom. The normalized spacial score (nSPS) is 19.5. The second-order valence-electron chi connectivity index (χ2n) is 17.1. The summed E-state index contributed by atoms with van der Waals surface area (Å²) >= 11 is 16.7. The third kappa shape index (κ3) is 14.2. The fraction of sp³-hybridized carbons (Fsp3) is 0.458. The average molecular weight is 1010 g/mol. The number of aryl methyl sites for hydroxylation is 1. The number of esters is 5. The van der Waals surface area contributed by atoms with E-state index >= 15 is 0 Å². The number of methoxy groups -OCH3 is 1. The number of carbonyl (C=O) groups excluding carboxylic acids is 5. The quantitative estimate of drug-likeness (QED) is 0.0326. The third-order valence-corrected chi connectivity index (χ3v) is 11.2. The minimum Gasteiger partial charge on any atom is -0.508 e. The first-order valence-electron chi connectivity index (χ1n) is 21.6. The van der Waals surface area contributed by atoms with E-state index < -0.39 is 69.7 Å². The van der Waals surface area contributed by atoms with Crippen molar-refractivity contribution in [3.63, 3.8) is 0 Å². The maximum Gasteiger partial charge on any atom is 0.339 e. The van der Waals surface area contributed by atoms with Gasteiger partial charge in [0.2, 0.25) is 18.3 Å². The Balaban J connectivity index is 0.000000267. The van der Waals surface area contributed by atoms with Gasteiger partial charge in [-0.15, -0.1) is 0 Å². The van der Waals surface area contributed by atoms with Crippen molar-refractivity contribution >= 4 is 81.5 Å². The first kappa shape index (κ1) is 53.4. The van der Waals surface area contributed by atoms with Crippen molar-refractivity contribution in [3.05, 3.63) is 77.9 Å². The van der Waals surface area contributed by atoms with E-state index in [0.29, 0.717) is 18.9 Å². The largest absolute Gasteiger partial charge is 0.508 e. The summed E-state index contributed by atoms with van der Waals surface area (Å²) in [6.07, 6.45) is -5.62. The molecule has 2 aliphatic rings. The number of halogens is 3. The summed E-state index contributed by atoms with van der Waals surface area (Å²) < 4.78 is 41.9. The summed E-state index contributed by atoms with van der Waals surface area (Å²) in [6, 6.07) is 21.5. The molecule has 5 atom stereocenters. The van der Waals surface area contributed by atoms with Gasteiger partial charge in [0.1, 0.15) is 23.9 Å². The van der Waals surface area contributed by atoms with E-state index in [1.807, 2.05) is 69.3 Å². The monoisotopic (exact) mass is 1000 g/mol. The maximum atomic E-state index is 12.3. The lowest BCUT2D eigenvalue weighted by Crippen LogP contribution is -2.64.